The fourth-order valence-electron chi connectivity index (χ4n) is 3.44. The molecule has 5 rings (SSSR count). The van der Waals surface area contributed by atoms with Crippen LogP contribution in [-0.2, 0) is 4.79 Å². The van der Waals surface area contributed by atoms with Crippen molar-refractivity contribution in [3.8, 4) is 22.8 Å². The zero-order chi connectivity index (χ0) is 22.1. The van der Waals surface area contributed by atoms with Gasteiger partial charge in [-0.25, -0.2) is 5.43 Å². The molecule has 0 radical (unpaired) electrons. The maximum atomic E-state index is 12.5. The number of amides is 1. The second-order valence-electron chi connectivity index (χ2n) is 7.46. The molecule has 0 unspecified atom stereocenters. The molecule has 1 aliphatic heterocycles. The number of rotatable bonds is 4. The molecule has 3 aromatic carbocycles. The van der Waals surface area contributed by atoms with Crippen LogP contribution in [-0.4, -0.2) is 24.8 Å². The molecule has 0 saturated heterocycles. The molecule has 1 aliphatic rings. The van der Waals surface area contributed by atoms with Gasteiger partial charge in [-0.1, -0.05) is 48.0 Å². The third-order valence-corrected chi connectivity index (χ3v) is 5.62. The zero-order valence-corrected chi connectivity index (χ0v) is 17.9. The van der Waals surface area contributed by atoms with E-state index in [2.05, 4.69) is 10.5 Å². The van der Waals surface area contributed by atoms with E-state index in [-0.39, 0.29) is 6.61 Å². The summed E-state index contributed by atoms with van der Waals surface area (Å²) in [4.78, 5) is 12.5. The molecule has 1 aromatic heterocycles. The lowest BCUT2D eigenvalue weighted by Gasteiger charge is -2.25. The molecule has 1 amide bonds. The lowest BCUT2D eigenvalue weighted by molar-refractivity contribution is -0.130. The molecule has 2 heterocycles. The van der Waals surface area contributed by atoms with Gasteiger partial charge in [0.25, 0.3) is 5.91 Å². The Hall–Kier alpha value is -3.77. The van der Waals surface area contributed by atoms with Crippen molar-refractivity contribution in [3.63, 3.8) is 0 Å². The number of nitrogens with zero attached hydrogens (tertiary/aromatic N) is 1. The first-order valence-electron chi connectivity index (χ1n) is 10.1. The van der Waals surface area contributed by atoms with Gasteiger partial charge in [0.1, 0.15) is 18.1 Å². The second kappa shape index (κ2) is 8.40. The van der Waals surface area contributed by atoms with E-state index in [1.165, 1.54) is 6.21 Å². The van der Waals surface area contributed by atoms with Gasteiger partial charge in [-0.3, -0.25) is 4.79 Å². The van der Waals surface area contributed by atoms with Crippen molar-refractivity contribution >= 4 is 34.5 Å². The SMILES string of the molecule is Cc1ccc(-c2ccc(/C=N\NC(=O)[C@@H]3COc4cc5ccccc5cc4O3)o2)cc1Cl. The lowest BCUT2D eigenvalue weighted by Crippen LogP contribution is -2.42. The second-order valence-corrected chi connectivity index (χ2v) is 7.87. The van der Waals surface area contributed by atoms with Gasteiger partial charge in [0.2, 0.25) is 6.10 Å². The van der Waals surface area contributed by atoms with Crippen LogP contribution in [0.2, 0.25) is 5.02 Å². The van der Waals surface area contributed by atoms with Gasteiger partial charge in [0.05, 0.1) is 6.21 Å². The van der Waals surface area contributed by atoms with Gasteiger partial charge in [0.15, 0.2) is 11.5 Å². The average molecular weight is 447 g/mol. The molecule has 1 N–H and O–H groups in total. The Kier molecular flexibility index (Phi) is 5.29. The summed E-state index contributed by atoms with van der Waals surface area (Å²) < 4.78 is 17.3. The van der Waals surface area contributed by atoms with Crippen LogP contribution in [0.4, 0.5) is 0 Å². The fourth-order valence-corrected chi connectivity index (χ4v) is 3.62. The molecule has 0 aliphatic carbocycles. The molecule has 1 atom stereocenters. The number of carbonyl (C=O) groups is 1. The van der Waals surface area contributed by atoms with Crippen molar-refractivity contribution in [1.82, 2.24) is 5.43 Å². The van der Waals surface area contributed by atoms with Crippen LogP contribution < -0.4 is 14.9 Å². The molecular formula is C25H19ClN2O4. The Morgan fingerprint density at radius 3 is 2.62 bits per heavy atom. The third-order valence-electron chi connectivity index (χ3n) is 5.21. The number of furan rings is 1. The van der Waals surface area contributed by atoms with Crippen LogP contribution >= 0.6 is 11.6 Å². The number of halogens is 1. The van der Waals surface area contributed by atoms with Gasteiger partial charge < -0.3 is 13.9 Å². The number of carbonyl (C=O) groups excluding carboxylic acids is 1. The number of ether oxygens (including phenoxy) is 2. The molecule has 0 spiro atoms. The predicted octanol–water partition coefficient (Wildman–Crippen LogP) is 5.35. The smallest absolute Gasteiger partial charge is 0.284 e. The topological polar surface area (TPSA) is 73.1 Å². The monoisotopic (exact) mass is 446 g/mol. The van der Waals surface area contributed by atoms with Crippen molar-refractivity contribution in [1.29, 1.82) is 0 Å². The van der Waals surface area contributed by atoms with Gasteiger partial charge in [-0.05, 0) is 53.6 Å². The summed E-state index contributed by atoms with van der Waals surface area (Å²) in [6.45, 7) is 2.04. The quantitative estimate of drug-likeness (QED) is 0.338. The molecule has 160 valence electrons. The maximum Gasteiger partial charge on any atom is 0.284 e. The highest BCUT2D eigenvalue weighted by Crippen LogP contribution is 2.35. The Balaban J connectivity index is 1.23. The number of hydrazone groups is 1. The van der Waals surface area contributed by atoms with Crippen LogP contribution in [0.15, 0.2) is 76.2 Å². The molecule has 32 heavy (non-hydrogen) atoms. The van der Waals surface area contributed by atoms with Crippen molar-refractivity contribution in [2.45, 2.75) is 13.0 Å². The number of hydrogen-bond donors (Lipinski definition) is 1. The number of aryl methyl sites for hydroxylation is 1. The molecule has 4 aromatic rings. The van der Waals surface area contributed by atoms with Crippen molar-refractivity contribution in [2.75, 3.05) is 6.61 Å². The summed E-state index contributed by atoms with van der Waals surface area (Å²) in [6, 6.07) is 21.0. The summed E-state index contributed by atoms with van der Waals surface area (Å²) in [7, 11) is 0. The van der Waals surface area contributed by atoms with E-state index in [4.69, 9.17) is 25.5 Å². The summed E-state index contributed by atoms with van der Waals surface area (Å²) in [5.41, 5.74) is 4.34. The molecule has 6 nitrogen and oxygen atoms in total. The first kappa shape index (κ1) is 20.2. The number of nitrogens with one attached hydrogen (secondary N) is 1. The van der Waals surface area contributed by atoms with Gasteiger partial charge in [-0.15, -0.1) is 0 Å². The first-order valence-corrected chi connectivity index (χ1v) is 10.5. The lowest BCUT2D eigenvalue weighted by atomic mass is 10.1. The van der Waals surface area contributed by atoms with Crippen LogP contribution in [0.5, 0.6) is 11.5 Å². The van der Waals surface area contributed by atoms with Gasteiger partial charge in [-0.2, -0.15) is 5.10 Å². The first-order chi connectivity index (χ1) is 15.6. The maximum absolute atomic E-state index is 12.5. The highest BCUT2D eigenvalue weighted by atomic mass is 35.5. The minimum absolute atomic E-state index is 0.103. The van der Waals surface area contributed by atoms with Gasteiger partial charge in [0, 0.05) is 10.6 Å². The number of benzene rings is 3. The Morgan fingerprint density at radius 2 is 1.84 bits per heavy atom. The minimum atomic E-state index is -0.803. The number of fused-ring (bicyclic) bond motifs is 2. The van der Waals surface area contributed by atoms with Crippen LogP contribution in [0.25, 0.3) is 22.1 Å². The van der Waals surface area contributed by atoms with E-state index in [0.29, 0.717) is 28.0 Å². The zero-order valence-electron chi connectivity index (χ0n) is 17.2. The van der Waals surface area contributed by atoms with Crippen LogP contribution in [0.1, 0.15) is 11.3 Å². The van der Waals surface area contributed by atoms with E-state index in [1.54, 1.807) is 6.07 Å². The Bertz CT molecular complexity index is 1350. The fraction of sp³-hybridized carbons (Fsp3) is 0.120. The van der Waals surface area contributed by atoms with Crippen LogP contribution in [0, 0.1) is 6.92 Å². The molecule has 0 saturated carbocycles. The number of hydrogen-bond acceptors (Lipinski definition) is 5. The third kappa shape index (κ3) is 4.05. The van der Waals surface area contributed by atoms with Crippen molar-refractivity contribution in [3.05, 3.63) is 83.1 Å². The molecule has 0 bridgehead atoms. The highest BCUT2D eigenvalue weighted by Gasteiger charge is 2.27. The highest BCUT2D eigenvalue weighted by molar-refractivity contribution is 6.31. The van der Waals surface area contributed by atoms with Gasteiger partial charge >= 0.3 is 0 Å². The largest absolute Gasteiger partial charge is 0.485 e. The Labute approximate surface area is 189 Å². The molecule has 0 fully saturated rings. The molecular weight excluding hydrogens is 428 g/mol. The van der Waals surface area contributed by atoms with Crippen LogP contribution in [0.3, 0.4) is 0 Å². The minimum Gasteiger partial charge on any atom is -0.485 e. The summed E-state index contributed by atoms with van der Waals surface area (Å²) in [6.07, 6.45) is 0.630. The predicted molar refractivity (Wildman–Crippen MR) is 123 cm³/mol. The van der Waals surface area contributed by atoms with E-state index < -0.39 is 12.0 Å². The average Bonchev–Trinajstić information content (AvgIpc) is 3.28. The standard InChI is InChI=1S/C25H19ClN2O4/c1-15-6-7-18(10-20(15)26)21-9-8-19(31-21)13-27-28-25(29)24-14-30-22-11-16-4-2-3-5-17(16)12-23(22)32-24/h2-13,24H,14H2,1H3,(H,28,29)/b27-13-/t24-/m0/s1. The van der Waals surface area contributed by atoms with Crippen molar-refractivity contribution < 1.29 is 18.7 Å². The normalized spacial score (nSPS) is 15.2. The summed E-state index contributed by atoms with van der Waals surface area (Å²) in [5, 5.41) is 6.71. The molecule has 7 heteroatoms. The summed E-state index contributed by atoms with van der Waals surface area (Å²) in [5.74, 6) is 1.90. The van der Waals surface area contributed by atoms with Crippen molar-refractivity contribution in [2.24, 2.45) is 5.10 Å². The van der Waals surface area contributed by atoms with E-state index >= 15 is 0 Å². The van der Waals surface area contributed by atoms with E-state index in [0.717, 1.165) is 21.9 Å². The Morgan fingerprint density at radius 1 is 1.06 bits per heavy atom. The summed E-state index contributed by atoms with van der Waals surface area (Å²) >= 11 is 6.19. The van der Waals surface area contributed by atoms with E-state index in [9.17, 15) is 4.79 Å². The van der Waals surface area contributed by atoms with E-state index in [1.807, 2.05) is 67.6 Å².